The second-order valence-electron chi connectivity index (χ2n) is 5.17. The minimum atomic E-state index is -0.471. The Hall–Kier alpha value is -1.95. The van der Waals surface area contributed by atoms with Crippen molar-refractivity contribution in [2.24, 2.45) is 4.99 Å². The maximum absolute atomic E-state index is 12.6. The zero-order valence-corrected chi connectivity index (χ0v) is 11.5. The number of hydrogen-bond acceptors (Lipinski definition) is 5. The van der Waals surface area contributed by atoms with Gasteiger partial charge in [0.05, 0.1) is 0 Å². The van der Waals surface area contributed by atoms with Crippen LogP contribution in [0.4, 0.5) is 0 Å². The molecule has 2 aliphatic heterocycles. The first kappa shape index (κ1) is 13.1. The Morgan fingerprint density at radius 2 is 1.95 bits per heavy atom. The fourth-order valence-corrected chi connectivity index (χ4v) is 2.54. The molecule has 6 nitrogen and oxygen atoms in total. The number of nitrogens with zero attached hydrogens (tertiary/aromatic N) is 4. The van der Waals surface area contributed by atoms with Crippen molar-refractivity contribution in [3.8, 4) is 0 Å². The molecule has 2 aliphatic rings. The van der Waals surface area contributed by atoms with Crippen molar-refractivity contribution in [1.29, 1.82) is 0 Å². The first-order chi connectivity index (χ1) is 9.75. The normalized spacial score (nSPS) is 26.6. The van der Waals surface area contributed by atoms with Gasteiger partial charge in [-0.25, -0.2) is 4.99 Å². The van der Waals surface area contributed by atoms with Crippen LogP contribution in [0.5, 0.6) is 0 Å². The lowest BCUT2D eigenvalue weighted by molar-refractivity contribution is -0.135. The number of amides is 1. The SMILES string of the molecule is CN1CCN(C(=O)[C@@H]2N=CO[C@H]2c2ccncc2)CC1. The molecule has 1 fully saturated rings. The van der Waals surface area contributed by atoms with Gasteiger partial charge in [-0.3, -0.25) is 9.78 Å². The summed E-state index contributed by atoms with van der Waals surface area (Å²) >= 11 is 0. The maximum Gasteiger partial charge on any atom is 0.251 e. The van der Waals surface area contributed by atoms with Crippen molar-refractivity contribution in [3.63, 3.8) is 0 Å². The maximum atomic E-state index is 12.6. The van der Waals surface area contributed by atoms with Crippen LogP contribution in [-0.4, -0.2) is 66.4 Å². The fraction of sp³-hybridized carbons (Fsp3) is 0.500. The van der Waals surface area contributed by atoms with E-state index in [9.17, 15) is 4.79 Å². The van der Waals surface area contributed by atoms with Gasteiger partial charge in [0.25, 0.3) is 5.91 Å². The van der Waals surface area contributed by atoms with Gasteiger partial charge in [0.1, 0.15) is 0 Å². The molecule has 6 heteroatoms. The van der Waals surface area contributed by atoms with Gasteiger partial charge in [0, 0.05) is 38.6 Å². The predicted octanol–water partition coefficient (Wildman–Crippen LogP) is 0.324. The average Bonchev–Trinajstić information content (AvgIpc) is 2.97. The molecule has 0 radical (unpaired) electrons. The van der Waals surface area contributed by atoms with Crippen LogP contribution in [0.2, 0.25) is 0 Å². The van der Waals surface area contributed by atoms with Crippen molar-refractivity contribution < 1.29 is 9.53 Å². The summed E-state index contributed by atoms with van der Waals surface area (Å²) < 4.78 is 5.51. The number of hydrogen-bond donors (Lipinski definition) is 0. The largest absolute Gasteiger partial charge is 0.473 e. The zero-order valence-electron chi connectivity index (χ0n) is 11.5. The Morgan fingerprint density at radius 1 is 1.25 bits per heavy atom. The summed E-state index contributed by atoms with van der Waals surface area (Å²) in [6.45, 7) is 3.32. The third-order valence-corrected chi connectivity index (χ3v) is 3.82. The summed E-state index contributed by atoms with van der Waals surface area (Å²) in [5.41, 5.74) is 0.935. The van der Waals surface area contributed by atoms with E-state index < -0.39 is 6.04 Å². The second kappa shape index (κ2) is 5.58. The van der Waals surface area contributed by atoms with Crippen molar-refractivity contribution in [2.45, 2.75) is 12.1 Å². The number of likely N-dealkylation sites (N-methyl/N-ethyl adjacent to an activating group) is 1. The van der Waals surface area contributed by atoms with E-state index in [4.69, 9.17) is 4.74 Å². The van der Waals surface area contributed by atoms with Crippen molar-refractivity contribution in [1.82, 2.24) is 14.8 Å². The number of aliphatic imine (C=N–C) groups is 1. The summed E-state index contributed by atoms with van der Waals surface area (Å²) in [5, 5.41) is 0. The molecule has 20 heavy (non-hydrogen) atoms. The highest BCUT2D eigenvalue weighted by molar-refractivity contribution is 5.85. The molecular weight excluding hydrogens is 256 g/mol. The Balaban J connectivity index is 1.72. The smallest absolute Gasteiger partial charge is 0.251 e. The highest BCUT2D eigenvalue weighted by atomic mass is 16.5. The Bertz CT molecular complexity index is 497. The molecule has 106 valence electrons. The number of carbonyl (C=O) groups is 1. The quantitative estimate of drug-likeness (QED) is 0.779. The molecule has 2 atom stereocenters. The molecule has 0 unspecified atom stereocenters. The van der Waals surface area contributed by atoms with Gasteiger partial charge in [-0.1, -0.05) is 0 Å². The average molecular weight is 274 g/mol. The molecule has 1 saturated heterocycles. The van der Waals surface area contributed by atoms with Gasteiger partial charge < -0.3 is 14.5 Å². The van der Waals surface area contributed by atoms with Gasteiger partial charge >= 0.3 is 0 Å². The molecule has 0 aliphatic carbocycles. The fourth-order valence-electron chi connectivity index (χ4n) is 2.54. The van der Waals surface area contributed by atoms with Crippen LogP contribution in [0.3, 0.4) is 0 Å². The van der Waals surface area contributed by atoms with Crippen LogP contribution < -0.4 is 0 Å². The molecule has 0 aromatic carbocycles. The van der Waals surface area contributed by atoms with Crippen molar-refractivity contribution in [3.05, 3.63) is 30.1 Å². The molecule has 1 amide bonds. The minimum absolute atomic E-state index is 0.0497. The lowest BCUT2D eigenvalue weighted by atomic mass is 10.0. The van der Waals surface area contributed by atoms with Crippen LogP contribution >= 0.6 is 0 Å². The molecular formula is C14H18N4O2. The van der Waals surface area contributed by atoms with Crippen LogP contribution in [0.25, 0.3) is 0 Å². The van der Waals surface area contributed by atoms with Gasteiger partial charge in [-0.2, -0.15) is 0 Å². The summed E-state index contributed by atoms with van der Waals surface area (Å²) in [4.78, 5) is 24.9. The number of ether oxygens (including phenoxy) is 1. The zero-order chi connectivity index (χ0) is 13.9. The topological polar surface area (TPSA) is 58.0 Å². The number of pyridine rings is 1. The van der Waals surface area contributed by atoms with E-state index in [0.717, 1.165) is 31.7 Å². The summed E-state index contributed by atoms with van der Waals surface area (Å²) in [5.74, 6) is 0.0497. The van der Waals surface area contributed by atoms with Crippen LogP contribution in [0, 0.1) is 0 Å². The second-order valence-corrected chi connectivity index (χ2v) is 5.17. The molecule has 0 N–H and O–H groups in total. The van der Waals surface area contributed by atoms with E-state index in [0.29, 0.717) is 0 Å². The van der Waals surface area contributed by atoms with E-state index in [-0.39, 0.29) is 12.0 Å². The standard InChI is InChI=1S/C14H18N4O2/c1-17-6-8-18(9-7-17)14(19)12-13(20-10-16-12)11-2-4-15-5-3-11/h2-5,10,12-13H,6-9H2,1H3/t12-,13+/m1/s1. The first-order valence-corrected chi connectivity index (χ1v) is 6.80. The van der Waals surface area contributed by atoms with Gasteiger partial charge in [-0.05, 0) is 24.7 Å². The van der Waals surface area contributed by atoms with E-state index in [2.05, 4.69) is 21.9 Å². The highest BCUT2D eigenvalue weighted by Crippen LogP contribution is 2.28. The third kappa shape index (κ3) is 2.51. The molecule has 3 rings (SSSR count). The monoisotopic (exact) mass is 274 g/mol. The van der Waals surface area contributed by atoms with E-state index in [1.54, 1.807) is 12.4 Å². The number of aromatic nitrogens is 1. The first-order valence-electron chi connectivity index (χ1n) is 6.80. The number of carbonyl (C=O) groups excluding carboxylic acids is 1. The highest BCUT2D eigenvalue weighted by Gasteiger charge is 2.37. The summed E-state index contributed by atoms with van der Waals surface area (Å²) in [6.07, 6.45) is 4.47. The van der Waals surface area contributed by atoms with Crippen LogP contribution in [-0.2, 0) is 9.53 Å². The van der Waals surface area contributed by atoms with Crippen LogP contribution in [0.1, 0.15) is 11.7 Å². The Morgan fingerprint density at radius 3 is 2.65 bits per heavy atom. The predicted molar refractivity (Wildman–Crippen MR) is 74.4 cm³/mol. The van der Waals surface area contributed by atoms with Crippen molar-refractivity contribution in [2.75, 3.05) is 33.2 Å². The minimum Gasteiger partial charge on any atom is -0.473 e. The Labute approximate surface area is 118 Å². The van der Waals surface area contributed by atoms with E-state index in [1.165, 1.54) is 6.40 Å². The molecule has 1 aromatic rings. The van der Waals surface area contributed by atoms with Gasteiger partial charge in [0.15, 0.2) is 18.5 Å². The van der Waals surface area contributed by atoms with E-state index in [1.807, 2.05) is 17.0 Å². The van der Waals surface area contributed by atoms with E-state index >= 15 is 0 Å². The van der Waals surface area contributed by atoms with Gasteiger partial charge in [0.2, 0.25) is 0 Å². The molecule has 0 bridgehead atoms. The lowest BCUT2D eigenvalue weighted by Crippen LogP contribution is -2.50. The Kier molecular flexibility index (Phi) is 3.64. The molecule has 1 aromatic heterocycles. The number of piperazine rings is 1. The molecule has 0 saturated carbocycles. The summed E-state index contributed by atoms with van der Waals surface area (Å²) in [6, 6.07) is 3.26. The lowest BCUT2D eigenvalue weighted by Gasteiger charge is -2.34. The van der Waals surface area contributed by atoms with Crippen molar-refractivity contribution >= 4 is 12.3 Å². The molecule has 3 heterocycles. The van der Waals surface area contributed by atoms with Crippen LogP contribution in [0.15, 0.2) is 29.5 Å². The van der Waals surface area contributed by atoms with Gasteiger partial charge in [-0.15, -0.1) is 0 Å². The molecule has 0 spiro atoms. The number of rotatable bonds is 2. The summed E-state index contributed by atoms with van der Waals surface area (Å²) in [7, 11) is 2.07. The third-order valence-electron chi connectivity index (χ3n) is 3.82.